The van der Waals surface area contributed by atoms with Crippen LogP contribution in [0.4, 0.5) is 4.39 Å². The fourth-order valence-electron chi connectivity index (χ4n) is 1.60. The second-order valence-electron chi connectivity index (χ2n) is 3.76. The summed E-state index contributed by atoms with van der Waals surface area (Å²) in [7, 11) is 1.82. The zero-order valence-electron chi connectivity index (χ0n) is 9.43. The molecule has 0 spiro atoms. The molecule has 0 N–H and O–H groups in total. The number of carbonyl (C=O) groups excluding carboxylic acids is 1. The standard InChI is InChI=1S/C12H12FN3O/c1-16-11(4-5-15-16)2-3-12(17)9-6-10(13)8-14-7-9/h4-8H,2-3H2,1H3. The van der Waals surface area contributed by atoms with Crippen molar-refractivity contribution in [2.24, 2.45) is 7.05 Å². The Bertz CT molecular complexity index is 536. The predicted molar refractivity (Wildman–Crippen MR) is 60.1 cm³/mol. The van der Waals surface area contributed by atoms with E-state index in [0.29, 0.717) is 18.4 Å². The molecule has 0 amide bonds. The summed E-state index contributed by atoms with van der Waals surface area (Å²) in [6.45, 7) is 0. The van der Waals surface area contributed by atoms with Crippen LogP contribution in [0.25, 0.3) is 0 Å². The number of pyridine rings is 1. The molecule has 0 unspecified atom stereocenters. The maximum atomic E-state index is 12.9. The van der Waals surface area contributed by atoms with Crippen LogP contribution in [0.5, 0.6) is 0 Å². The summed E-state index contributed by atoms with van der Waals surface area (Å²) in [5, 5.41) is 4.01. The highest BCUT2D eigenvalue weighted by Crippen LogP contribution is 2.08. The zero-order valence-corrected chi connectivity index (χ0v) is 9.43. The van der Waals surface area contributed by atoms with E-state index in [1.807, 2.05) is 13.1 Å². The minimum Gasteiger partial charge on any atom is -0.294 e. The van der Waals surface area contributed by atoms with Crippen molar-refractivity contribution >= 4 is 5.78 Å². The molecule has 2 aromatic heterocycles. The van der Waals surface area contributed by atoms with Crippen molar-refractivity contribution in [3.8, 4) is 0 Å². The van der Waals surface area contributed by atoms with Crippen LogP contribution >= 0.6 is 0 Å². The molecule has 88 valence electrons. The van der Waals surface area contributed by atoms with Crippen LogP contribution in [-0.2, 0) is 13.5 Å². The number of hydrogen-bond acceptors (Lipinski definition) is 3. The maximum absolute atomic E-state index is 12.9. The van der Waals surface area contributed by atoms with Crippen molar-refractivity contribution in [3.05, 3.63) is 47.8 Å². The second-order valence-corrected chi connectivity index (χ2v) is 3.76. The van der Waals surface area contributed by atoms with Crippen LogP contribution < -0.4 is 0 Å². The first-order chi connectivity index (χ1) is 8.16. The lowest BCUT2D eigenvalue weighted by molar-refractivity contribution is 0.0981. The van der Waals surface area contributed by atoms with Gasteiger partial charge in [0.2, 0.25) is 0 Å². The first kappa shape index (κ1) is 11.4. The van der Waals surface area contributed by atoms with E-state index in [2.05, 4.69) is 10.1 Å². The molecule has 17 heavy (non-hydrogen) atoms. The molecule has 5 heteroatoms. The quantitative estimate of drug-likeness (QED) is 0.756. The average molecular weight is 233 g/mol. The number of aromatic nitrogens is 3. The Labute approximate surface area is 98.1 Å². The van der Waals surface area contributed by atoms with Crippen molar-refractivity contribution in [1.29, 1.82) is 0 Å². The Morgan fingerprint density at radius 2 is 2.29 bits per heavy atom. The Balaban J connectivity index is 2.01. The van der Waals surface area contributed by atoms with Gasteiger partial charge in [0.25, 0.3) is 0 Å². The summed E-state index contributed by atoms with van der Waals surface area (Å²) in [6, 6.07) is 3.07. The average Bonchev–Trinajstić information content (AvgIpc) is 2.72. The fourth-order valence-corrected chi connectivity index (χ4v) is 1.60. The van der Waals surface area contributed by atoms with Gasteiger partial charge < -0.3 is 0 Å². The van der Waals surface area contributed by atoms with E-state index in [9.17, 15) is 9.18 Å². The molecule has 0 radical (unpaired) electrons. The summed E-state index contributed by atoms with van der Waals surface area (Å²) in [4.78, 5) is 15.4. The fraction of sp³-hybridized carbons (Fsp3) is 0.250. The first-order valence-electron chi connectivity index (χ1n) is 5.27. The normalized spacial score (nSPS) is 10.5. The molecular weight excluding hydrogens is 221 g/mol. The summed E-state index contributed by atoms with van der Waals surface area (Å²) in [6.07, 6.45) is 5.06. The van der Waals surface area contributed by atoms with E-state index in [-0.39, 0.29) is 5.78 Å². The highest BCUT2D eigenvalue weighted by Gasteiger charge is 2.08. The lowest BCUT2D eigenvalue weighted by Crippen LogP contribution is -2.05. The van der Waals surface area contributed by atoms with Crippen molar-refractivity contribution < 1.29 is 9.18 Å². The van der Waals surface area contributed by atoms with Gasteiger partial charge in [0.15, 0.2) is 5.78 Å². The van der Waals surface area contributed by atoms with E-state index < -0.39 is 5.82 Å². The maximum Gasteiger partial charge on any atom is 0.164 e. The molecule has 2 aromatic rings. The third kappa shape index (κ3) is 2.75. The summed E-state index contributed by atoms with van der Waals surface area (Å²) in [5.74, 6) is -0.602. The highest BCUT2D eigenvalue weighted by atomic mass is 19.1. The first-order valence-corrected chi connectivity index (χ1v) is 5.27. The molecule has 4 nitrogen and oxygen atoms in total. The largest absolute Gasteiger partial charge is 0.294 e. The zero-order chi connectivity index (χ0) is 12.3. The van der Waals surface area contributed by atoms with Gasteiger partial charge in [0.05, 0.1) is 6.20 Å². The number of halogens is 1. The van der Waals surface area contributed by atoms with Gasteiger partial charge in [-0.1, -0.05) is 0 Å². The number of ketones is 1. The molecule has 0 aromatic carbocycles. The summed E-state index contributed by atoms with van der Waals surface area (Å²) < 4.78 is 14.6. The number of rotatable bonds is 4. The molecule has 2 heterocycles. The van der Waals surface area contributed by atoms with Gasteiger partial charge in [0.1, 0.15) is 5.82 Å². The van der Waals surface area contributed by atoms with E-state index in [1.54, 1.807) is 10.9 Å². The molecular formula is C12H12FN3O. The highest BCUT2D eigenvalue weighted by molar-refractivity contribution is 5.95. The van der Waals surface area contributed by atoms with E-state index in [4.69, 9.17) is 0 Å². The number of carbonyl (C=O) groups is 1. The molecule has 0 saturated carbocycles. The van der Waals surface area contributed by atoms with Crippen LogP contribution in [0.2, 0.25) is 0 Å². The molecule has 0 atom stereocenters. The van der Waals surface area contributed by atoms with Crippen LogP contribution in [0.3, 0.4) is 0 Å². The van der Waals surface area contributed by atoms with Crippen LogP contribution in [-0.4, -0.2) is 20.5 Å². The molecule has 2 rings (SSSR count). The van der Waals surface area contributed by atoms with Crippen LogP contribution in [0.1, 0.15) is 22.5 Å². The second kappa shape index (κ2) is 4.86. The summed E-state index contributed by atoms with van der Waals surface area (Å²) >= 11 is 0. The number of hydrogen-bond donors (Lipinski definition) is 0. The molecule has 0 fully saturated rings. The van der Waals surface area contributed by atoms with Crippen LogP contribution in [0, 0.1) is 5.82 Å². The summed E-state index contributed by atoms with van der Waals surface area (Å²) in [5.41, 5.74) is 1.29. The van der Waals surface area contributed by atoms with Crippen molar-refractivity contribution in [3.63, 3.8) is 0 Å². The van der Waals surface area contributed by atoms with Gasteiger partial charge in [0, 0.05) is 37.1 Å². The molecule has 0 bridgehead atoms. The molecule has 0 aliphatic heterocycles. The Hall–Kier alpha value is -2.04. The SMILES string of the molecule is Cn1nccc1CCC(=O)c1cncc(F)c1. The predicted octanol–water partition coefficient (Wildman–Crippen LogP) is 1.77. The van der Waals surface area contributed by atoms with Gasteiger partial charge in [-0.2, -0.15) is 5.10 Å². The number of nitrogens with zero attached hydrogens (tertiary/aromatic N) is 3. The van der Waals surface area contributed by atoms with Gasteiger partial charge >= 0.3 is 0 Å². The molecule has 0 aliphatic carbocycles. The van der Waals surface area contributed by atoms with Crippen LogP contribution in [0.15, 0.2) is 30.7 Å². The Morgan fingerprint density at radius 3 is 2.94 bits per heavy atom. The Kier molecular flexibility index (Phi) is 3.27. The lowest BCUT2D eigenvalue weighted by atomic mass is 10.1. The third-order valence-corrected chi connectivity index (χ3v) is 2.56. The molecule has 0 aliphatic rings. The van der Waals surface area contributed by atoms with E-state index in [0.717, 1.165) is 11.9 Å². The lowest BCUT2D eigenvalue weighted by Gasteiger charge is -2.02. The number of Topliss-reactive ketones (excluding diaryl/α,β-unsaturated/α-hetero) is 1. The van der Waals surface area contributed by atoms with Gasteiger partial charge in [-0.05, 0) is 18.6 Å². The van der Waals surface area contributed by atoms with Gasteiger partial charge in [-0.25, -0.2) is 4.39 Å². The van der Waals surface area contributed by atoms with Crippen molar-refractivity contribution in [2.45, 2.75) is 12.8 Å². The van der Waals surface area contributed by atoms with E-state index >= 15 is 0 Å². The molecule has 0 saturated heterocycles. The third-order valence-electron chi connectivity index (χ3n) is 2.56. The van der Waals surface area contributed by atoms with Crippen molar-refractivity contribution in [1.82, 2.24) is 14.8 Å². The monoisotopic (exact) mass is 233 g/mol. The minimum absolute atomic E-state index is 0.113. The number of aryl methyl sites for hydroxylation is 2. The van der Waals surface area contributed by atoms with Crippen molar-refractivity contribution in [2.75, 3.05) is 0 Å². The van der Waals surface area contributed by atoms with Gasteiger partial charge in [-0.15, -0.1) is 0 Å². The topological polar surface area (TPSA) is 47.8 Å². The van der Waals surface area contributed by atoms with E-state index in [1.165, 1.54) is 12.3 Å². The minimum atomic E-state index is -0.489. The smallest absolute Gasteiger partial charge is 0.164 e. The van der Waals surface area contributed by atoms with Gasteiger partial charge in [-0.3, -0.25) is 14.5 Å². The Morgan fingerprint density at radius 1 is 1.47 bits per heavy atom.